The molecular formula is C10H16OSi. The van der Waals surface area contributed by atoms with E-state index in [9.17, 15) is 0 Å². The summed E-state index contributed by atoms with van der Waals surface area (Å²) in [4.78, 5) is 0. The van der Waals surface area contributed by atoms with E-state index >= 15 is 0 Å². The smallest absolute Gasteiger partial charge is 0.178 e. The Labute approximate surface area is 76.1 Å². The zero-order chi connectivity index (χ0) is 8.81. The van der Waals surface area contributed by atoms with Crippen LogP contribution in [0, 0.1) is 0 Å². The van der Waals surface area contributed by atoms with E-state index in [1.54, 1.807) is 0 Å². The molecule has 1 aromatic carbocycles. The van der Waals surface area contributed by atoms with Gasteiger partial charge in [0, 0.05) is 6.61 Å². The van der Waals surface area contributed by atoms with Gasteiger partial charge in [0.05, 0.1) is 0 Å². The molecule has 1 unspecified atom stereocenters. The second-order valence-electron chi connectivity index (χ2n) is 2.96. The molecule has 1 atom stereocenters. The Bertz CT molecular complexity index is 210. The molecule has 0 fully saturated rings. The maximum Gasteiger partial charge on any atom is 0.178 e. The molecule has 0 saturated heterocycles. The highest BCUT2D eigenvalue weighted by molar-refractivity contribution is 6.49. The van der Waals surface area contributed by atoms with Crippen molar-refractivity contribution in [2.45, 2.75) is 19.5 Å². The first-order valence-electron chi connectivity index (χ1n) is 4.48. The molecule has 12 heavy (non-hydrogen) atoms. The van der Waals surface area contributed by atoms with Gasteiger partial charge in [0.15, 0.2) is 9.04 Å². The van der Waals surface area contributed by atoms with Crippen molar-refractivity contribution in [1.29, 1.82) is 0 Å². The zero-order valence-corrected chi connectivity index (χ0v) is 8.94. The van der Waals surface area contributed by atoms with E-state index in [-0.39, 0.29) is 0 Å². The van der Waals surface area contributed by atoms with Gasteiger partial charge in [-0.05, 0) is 25.1 Å². The summed E-state index contributed by atoms with van der Waals surface area (Å²) in [5.74, 6) is 0. The number of hydrogen-bond donors (Lipinski definition) is 0. The van der Waals surface area contributed by atoms with Crippen LogP contribution in [0.3, 0.4) is 0 Å². The van der Waals surface area contributed by atoms with E-state index in [4.69, 9.17) is 4.43 Å². The second-order valence-corrected chi connectivity index (χ2v) is 5.32. The van der Waals surface area contributed by atoms with Gasteiger partial charge >= 0.3 is 0 Å². The van der Waals surface area contributed by atoms with Crippen LogP contribution >= 0.6 is 0 Å². The average Bonchev–Trinajstić information content (AvgIpc) is 2.06. The Hall–Kier alpha value is -0.603. The highest BCUT2D eigenvalue weighted by Crippen LogP contribution is 2.02. The minimum Gasteiger partial charge on any atom is -0.420 e. The number of hydrogen-bond acceptors (Lipinski definition) is 1. The van der Waals surface area contributed by atoms with Gasteiger partial charge < -0.3 is 4.43 Å². The molecule has 1 aromatic rings. The van der Waals surface area contributed by atoms with Crippen LogP contribution < -0.4 is 0 Å². The third-order valence-electron chi connectivity index (χ3n) is 1.82. The number of benzene rings is 1. The summed E-state index contributed by atoms with van der Waals surface area (Å²) >= 11 is 0. The van der Waals surface area contributed by atoms with Crippen LogP contribution in [0.15, 0.2) is 30.3 Å². The predicted octanol–water partition coefficient (Wildman–Crippen LogP) is 2.16. The lowest BCUT2D eigenvalue weighted by atomic mass is 10.2. The first kappa shape index (κ1) is 9.48. The molecule has 0 N–H and O–H groups in total. The molecule has 1 rings (SSSR count). The van der Waals surface area contributed by atoms with Crippen molar-refractivity contribution < 1.29 is 4.43 Å². The standard InChI is InChI=1S/C10H16OSi/c1-3-11-12(2)9-10-7-5-4-6-8-10/h4-8,12H,3,9H2,1-2H3. The van der Waals surface area contributed by atoms with E-state index in [1.165, 1.54) is 5.56 Å². The van der Waals surface area contributed by atoms with E-state index in [0.29, 0.717) is 0 Å². The topological polar surface area (TPSA) is 9.23 Å². The van der Waals surface area contributed by atoms with Crippen molar-refractivity contribution in [3.63, 3.8) is 0 Å². The van der Waals surface area contributed by atoms with Crippen LogP contribution in [-0.2, 0) is 10.5 Å². The lowest BCUT2D eigenvalue weighted by molar-refractivity contribution is 0.345. The quantitative estimate of drug-likeness (QED) is 0.645. The average molecular weight is 180 g/mol. The predicted molar refractivity (Wildman–Crippen MR) is 54.8 cm³/mol. The first-order chi connectivity index (χ1) is 5.83. The Morgan fingerprint density at radius 1 is 1.25 bits per heavy atom. The SMILES string of the molecule is CCO[SiH](C)Cc1ccccc1. The molecule has 0 bridgehead atoms. The molecule has 0 aliphatic carbocycles. The molecule has 0 aliphatic rings. The summed E-state index contributed by atoms with van der Waals surface area (Å²) in [6.07, 6.45) is 0. The van der Waals surface area contributed by atoms with Crippen molar-refractivity contribution in [3.8, 4) is 0 Å². The number of rotatable bonds is 4. The Kier molecular flexibility index (Phi) is 4.04. The van der Waals surface area contributed by atoms with Crippen LogP contribution in [0.2, 0.25) is 6.55 Å². The highest BCUT2D eigenvalue weighted by atomic mass is 28.3. The van der Waals surface area contributed by atoms with Gasteiger partial charge in [-0.1, -0.05) is 30.3 Å². The zero-order valence-electron chi connectivity index (χ0n) is 7.79. The third kappa shape index (κ3) is 3.20. The summed E-state index contributed by atoms with van der Waals surface area (Å²) in [7, 11) is -0.929. The van der Waals surface area contributed by atoms with Gasteiger partial charge in [-0.3, -0.25) is 0 Å². The summed E-state index contributed by atoms with van der Waals surface area (Å²) < 4.78 is 5.58. The van der Waals surface area contributed by atoms with Gasteiger partial charge in [0.2, 0.25) is 0 Å². The largest absolute Gasteiger partial charge is 0.420 e. The summed E-state index contributed by atoms with van der Waals surface area (Å²) in [6, 6.07) is 11.7. The molecular weight excluding hydrogens is 164 g/mol. The maximum absolute atomic E-state index is 5.58. The van der Waals surface area contributed by atoms with Crippen LogP contribution in [-0.4, -0.2) is 15.6 Å². The monoisotopic (exact) mass is 180 g/mol. The van der Waals surface area contributed by atoms with Crippen molar-refractivity contribution in [1.82, 2.24) is 0 Å². The minimum absolute atomic E-state index is 0.861. The van der Waals surface area contributed by atoms with Gasteiger partial charge in [0.25, 0.3) is 0 Å². The van der Waals surface area contributed by atoms with Crippen LogP contribution in [0.25, 0.3) is 0 Å². The summed E-state index contributed by atoms with van der Waals surface area (Å²) in [5, 5.41) is 0. The molecule has 66 valence electrons. The molecule has 0 aromatic heterocycles. The molecule has 0 spiro atoms. The summed E-state index contributed by atoms with van der Waals surface area (Å²) in [5.41, 5.74) is 1.41. The summed E-state index contributed by atoms with van der Waals surface area (Å²) in [6.45, 7) is 5.17. The molecule has 0 saturated carbocycles. The molecule has 1 nitrogen and oxygen atoms in total. The molecule has 0 amide bonds. The molecule has 0 aliphatic heterocycles. The van der Waals surface area contributed by atoms with Gasteiger partial charge in [-0.2, -0.15) is 0 Å². The van der Waals surface area contributed by atoms with E-state index < -0.39 is 9.04 Å². The van der Waals surface area contributed by atoms with Gasteiger partial charge in [-0.15, -0.1) is 0 Å². The van der Waals surface area contributed by atoms with Gasteiger partial charge in [-0.25, -0.2) is 0 Å². The highest BCUT2D eigenvalue weighted by Gasteiger charge is 2.03. The molecule has 2 heteroatoms. The van der Waals surface area contributed by atoms with E-state index in [0.717, 1.165) is 12.7 Å². The van der Waals surface area contributed by atoms with Gasteiger partial charge in [0.1, 0.15) is 0 Å². The van der Waals surface area contributed by atoms with E-state index in [2.05, 4.69) is 43.8 Å². The fraction of sp³-hybridized carbons (Fsp3) is 0.400. The van der Waals surface area contributed by atoms with Crippen molar-refractivity contribution in [2.24, 2.45) is 0 Å². The van der Waals surface area contributed by atoms with Crippen molar-refractivity contribution >= 4 is 9.04 Å². The van der Waals surface area contributed by atoms with E-state index in [1.807, 2.05) is 0 Å². The maximum atomic E-state index is 5.58. The third-order valence-corrected chi connectivity index (χ3v) is 3.77. The first-order valence-corrected chi connectivity index (χ1v) is 6.92. The Morgan fingerprint density at radius 2 is 1.92 bits per heavy atom. The fourth-order valence-electron chi connectivity index (χ4n) is 1.29. The fourth-order valence-corrected chi connectivity index (χ4v) is 2.91. The molecule has 0 heterocycles. The van der Waals surface area contributed by atoms with Crippen molar-refractivity contribution in [3.05, 3.63) is 35.9 Å². The lowest BCUT2D eigenvalue weighted by Crippen LogP contribution is -2.16. The lowest BCUT2D eigenvalue weighted by Gasteiger charge is -2.08. The van der Waals surface area contributed by atoms with Crippen molar-refractivity contribution in [2.75, 3.05) is 6.61 Å². The van der Waals surface area contributed by atoms with Crippen LogP contribution in [0.5, 0.6) is 0 Å². The normalized spacial score (nSPS) is 12.8. The minimum atomic E-state index is -0.929. The van der Waals surface area contributed by atoms with Crippen LogP contribution in [0.1, 0.15) is 12.5 Å². The van der Waals surface area contributed by atoms with Crippen LogP contribution in [0.4, 0.5) is 0 Å². The molecule has 0 radical (unpaired) electrons. The Balaban J connectivity index is 2.41. The second kappa shape index (κ2) is 5.12. The Morgan fingerprint density at radius 3 is 2.50 bits per heavy atom.